The third-order valence-electron chi connectivity index (χ3n) is 18.7. The molecule has 4 aliphatic carbocycles. The van der Waals surface area contributed by atoms with Crippen molar-refractivity contribution in [3.8, 4) is 0 Å². The van der Waals surface area contributed by atoms with Gasteiger partial charge >= 0.3 is 0 Å². The smallest absolute Gasteiger partial charge is 0.187 e. The van der Waals surface area contributed by atoms with Crippen LogP contribution in [0.1, 0.15) is 91.9 Å². The maximum Gasteiger partial charge on any atom is 0.187 e. The summed E-state index contributed by atoms with van der Waals surface area (Å²) in [5.74, 6) is 1.66. The number of aliphatic hydroxyl groups excluding tert-OH is 14. The van der Waals surface area contributed by atoms with Crippen LogP contribution < -0.4 is 0 Å². The summed E-state index contributed by atoms with van der Waals surface area (Å²) in [5, 5.41) is 149. The van der Waals surface area contributed by atoms with Crippen LogP contribution in [0.5, 0.6) is 0 Å². The van der Waals surface area contributed by atoms with Crippen LogP contribution in [-0.4, -0.2) is 233 Å². The quantitative estimate of drug-likeness (QED) is 0.0715. The lowest BCUT2D eigenvalue weighted by atomic mass is 9.43. The third kappa shape index (κ3) is 9.91. The largest absolute Gasteiger partial charge is 0.394 e. The summed E-state index contributed by atoms with van der Waals surface area (Å²) >= 11 is 0. The molecule has 0 aromatic carbocycles. The maximum atomic E-state index is 11.7. The minimum atomic E-state index is -1.79. The van der Waals surface area contributed by atoms with Crippen LogP contribution in [-0.2, 0) is 37.9 Å². The number of rotatable bonds is 15. The average molecular weight is 1010 g/mol. The zero-order valence-electron chi connectivity index (χ0n) is 40.6. The second-order valence-corrected chi connectivity index (χ2v) is 22.4. The molecule has 0 aromatic heterocycles. The first kappa shape index (κ1) is 55.4. The van der Waals surface area contributed by atoms with Crippen molar-refractivity contribution < 1.29 is 109 Å². The van der Waals surface area contributed by atoms with Gasteiger partial charge in [0.2, 0.25) is 0 Å². The first-order chi connectivity index (χ1) is 33.3. The SMILES string of the molecule is CCC[C@@H](C)[C@H]1CC[C@H]2C3CC[C@@H]4C[C@H](O[C@@H]5OC(CO)[C@@H](O[C@H]6OC(CO)[C@@H](O)[C@H](O)C6O)C(O)[C@@H]5O)CC[C@]4(C)[C@H]3C[C@H](O[C@@H]3OC(CO)[C@@H](O[C@H]4OC(CO)[C@@H](O)[C@H](O)C4O)C(O)[C@@H]3O)[C@]12C. The van der Waals surface area contributed by atoms with Gasteiger partial charge in [-0.05, 0) is 92.3 Å². The summed E-state index contributed by atoms with van der Waals surface area (Å²) in [5.41, 5.74) is -0.527. The molecule has 4 heterocycles. The van der Waals surface area contributed by atoms with Crippen molar-refractivity contribution in [2.24, 2.45) is 46.3 Å². The Labute approximate surface area is 408 Å². The van der Waals surface area contributed by atoms with Gasteiger partial charge in [0.1, 0.15) is 97.7 Å². The minimum absolute atomic E-state index is 0.174. The van der Waals surface area contributed by atoms with E-state index in [-0.39, 0.29) is 28.6 Å². The highest BCUT2D eigenvalue weighted by atomic mass is 16.8. The third-order valence-corrected chi connectivity index (χ3v) is 18.7. The van der Waals surface area contributed by atoms with Gasteiger partial charge in [0.15, 0.2) is 25.2 Å². The Morgan fingerprint density at radius 2 is 0.971 bits per heavy atom. The van der Waals surface area contributed by atoms with Crippen molar-refractivity contribution in [3.05, 3.63) is 0 Å². The normalized spacial score (nSPS) is 54.5. The monoisotopic (exact) mass is 1010 g/mol. The number of hydrogen-bond acceptors (Lipinski definition) is 22. The van der Waals surface area contributed by atoms with E-state index in [4.69, 9.17) is 37.9 Å². The highest BCUT2D eigenvalue weighted by molar-refractivity contribution is 5.14. The Kier molecular flexibility index (Phi) is 17.7. The molecule has 4 saturated heterocycles. The number of ether oxygens (including phenoxy) is 8. The van der Waals surface area contributed by atoms with Crippen molar-refractivity contribution in [2.45, 2.75) is 227 Å². The molecule has 14 N–H and O–H groups in total. The molecule has 22 nitrogen and oxygen atoms in total. The molecular weight excluding hydrogens is 929 g/mol. The first-order valence-electron chi connectivity index (χ1n) is 25.7. The van der Waals surface area contributed by atoms with Crippen LogP contribution in [0.3, 0.4) is 0 Å². The predicted octanol–water partition coefficient (Wildman–Crippen LogP) is -3.29. The van der Waals surface area contributed by atoms with Crippen molar-refractivity contribution in [1.82, 2.24) is 0 Å². The predicted molar refractivity (Wildman–Crippen MR) is 237 cm³/mol. The maximum absolute atomic E-state index is 11.7. The summed E-state index contributed by atoms with van der Waals surface area (Å²) in [6.07, 6.45) is -23.5. The Hall–Kier alpha value is -0.880. The van der Waals surface area contributed by atoms with E-state index in [0.717, 1.165) is 44.9 Å². The fourth-order valence-electron chi connectivity index (χ4n) is 14.8. The van der Waals surface area contributed by atoms with Crippen molar-refractivity contribution in [3.63, 3.8) is 0 Å². The fourth-order valence-corrected chi connectivity index (χ4v) is 14.8. The van der Waals surface area contributed by atoms with Gasteiger partial charge in [-0.25, -0.2) is 0 Å². The van der Waals surface area contributed by atoms with E-state index in [1.165, 1.54) is 0 Å². The molecule has 9 unspecified atom stereocenters. The van der Waals surface area contributed by atoms with Gasteiger partial charge in [0, 0.05) is 5.41 Å². The van der Waals surface area contributed by atoms with Crippen LogP contribution >= 0.6 is 0 Å². The summed E-state index contributed by atoms with van der Waals surface area (Å²) in [7, 11) is 0. The molecule has 22 heteroatoms. The molecule has 0 bridgehead atoms. The van der Waals surface area contributed by atoms with E-state index in [9.17, 15) is 71.5 Å². The summed E-state index contributed by atoms with van der Waals surface area (Å²) in [6.45, 7) is 6.33. The van der Waals surface area contributed by atoms with Gasteiger partial charge in [0.25, 0.3) is 0 Å². The molecule has 8 aliphatic rings. The van der Waals surface area contributed by atoms with Crippen molar-refractivity contribution in [1.29, 1.82) is 0 Å². The molecule has 406 valence electrons. The van der Waals surface area contributed by atoms with E-state index in [0.29, 0.717) is 37.0 Å². The van der Waals surface area contributed by atoms with E-state index in [1.54, 1.807) is 0 Å². The van der Waals surface area contributed by atoms with Crippen LogP contribution in [0, 0.1) is 46.3 Å². The zero-order valence-corrected chi connectivity index (χ0v) is 40.6. The Bertz CT molecular complexity index is 1680. The molecular formula is C48H82O22. The van der Waals surface area contributed by atoms with Gasteiger partial charge in [-0.15, -0.1) is 0 Å². The molecule has 0 radical (unpaired) electrons. The van der Waals surface area contributed by atoms with Crippen LogP contribution in [0.2, 0.25) is 0 Å². The lowest BCUT2D eigenvalue weighted by molar-refractivity contribution is -0.370. The highest BCUT2D eigenvalue weighted by Gasteiger charge is 2.66. The molecule has 8 rings (SSSR count). The Balaban J connectivity index is 0.964. The highest BCUT2D eigenvalue weighted by Crippen LogP contribution is 2.69. The molecule has 4 saturated carbocycles. The van der Waals surface area contributed by atoms with E-state index in [1.807, 2.05) is 0 Å². The second-order valence-electron chi connectivity index (χ2n) is 22.4. The number of fused-ring (bicyclic) bond motifs is 5. The van der Waals surface area contributed by atoms with Crippen molar-refractivity contribution in [2.75, 3.05) is 26.4 Å². The van der Waals surface area contributed by atoms with E-state index >= 15 is 0 Å². The van der Waals surface area contributed by atoms with E-state index in [2.05, 4.69) is 27.7 Å². The summed E-state index contributed by atoms with van der Waals surface area (Å²) in [6, 6.07) is 0. The number of hydrogen-bond donors (Lipinski definition) is 14. The fraction of sp³-hybridized carbons (Fsp3) is 1.00. The average Bonchev–Trinajstić information content (AvgIpc) is 3.72. The van der Waals surface area contributed by atoms with Crippen LogP contribution in [0.4, 0.5) is 0 Å². The first-order valence-corrected chi connectivity index (χ1v) is 25.7. The number of aliphatic hydroxyl groups is 14. The summed E-state index contributed by atoms with van der Waals surface area (Å²) < 4.78 is 48.3. The minimum Gasteiger partial charge on any atom is -0.394 e. The van der Waals surface area contributed by atoms with E-state index < -0.39 is 161 Å². The molecule has 0 spiro atoms. The van der Waals surface area contributed by atoms with Gasteiger partial charge < -0.3 is 109 Å². The van der Waals surface area contributed by atoms with Gasteiger partial charge in [-0.2, -0.15) is 0 Å². The summed E-state index contributed by atoms with van der Waals surface area (Å²) in [4.78, 5) is 0. The van der Waals surface area contributed by atoms with Gasteiger partial charge in [0.05, 0.1) is 38.6 Å². The van der Waals surface area contributed by atoms with Crippen LogP contribution in [0.25, 0.3) is 0 Å². The Morgan fingerprint density at radius 3 is 1.47 bits per heavy atom. The van der Waals surface area contributed by atoms with Crippen molar-refractivity contribution >= 4 is 0 Å². The Morgan fingerprint density at radius 1 is 0.500 bits per heavy atom. The lowest BCUT2D eigenvalue weighted by Gasteiger charge is -2.63. The second kappa shape index (κ2) is 22.4. The molecule has 0 amide bonds. The lowest BCUT2D eigenvalue weighted by Crippen LogP contribution is -2.66. The molecule has 30 atom stereocenters. The standard InChI is InChI=1S/C48H82O22/c1-5-6-19(2)23-9-10-24-22-8-7-20-13-21(63-43-39(61)35(57)41(28(17-51)66-43)69-45-37(59)33(55)31(53)26(15-49)64-45)11-12-47(20,3)25(22)14-30(48(23,24)4)68-44-40(62)36(58)42(29(18-52)67-44)70-46-38(60)34(56)32(54)27(16-50)65-46/h19-46,49-62H,5-18H2,1-4H3/t19-,20-,21-,22?,23-,24+,25+,26?,27?,28?,29?,30+,31-,32-,33+,34+,35?,36?,37?,38?,39+,40+,41-,42-,43-,44+,45-,46-,47+,48-/m1/s1. The molecule has 70 heavy (non-hydrogen) atoms. The van der Waals surface area contributed by atoms with Crippen LogP contribution in [0.15, 0.2) is 0 Å². The topological polar surface area (TPSA) is 357 Å². The molecule has 4 aliphatic heterocycles. The molecule has 0 aromatic rings. The zero-order chi connectivity index (χ0) is 50.7. The van der Waals surface area contributed by atoms with Gasteiger partial charge in [-0.1, -0.05) is 40.5 Å². The van der Waals surface area contributed by atoms with Gasteiger partial charge in [-0.3, -0.25) is 0 Å². The molecule has 8 fully saturated rings.